The van der Waals surface area contributed by atoms with Crippen molar-refractivity contribution in [1.82, 2.24) is 4.98 Å². The summed E-state index contributed by atoms with van der Waals surface area (Å²) in [5.74, 6) is -1.25. The normalized spacial score (nSPS) is 24.6. The fourth-order valence-corrected chi connectivity index (χ4v) is 5.00. The van der Waals surface area contributed by atoms with Gasteiger partial charge in [-0.2, -0.15) is 0 Å². The van der Waals surface area contributed by atoms with Gasteiger partial charge < -0.3 is 9.64 Å². The van der Waals surface area contributed by atoms with Crippen LogP contribution < -0.4 is 14.9 Å². The Morgan fingerprint density at radius 3 is 2.15 bits per heavy atom. The van der Waals surface area contributed by atoms with E-state index in [9.17, 15) is 9.59 Å². The van der Waals surface area contributed by atoms with Crippen LogP contribution in [0.3, 0.4) is 0 Å². The maximum Gasteiger partial charge on any atom is 0.266 e. The van der Waals surface area contributed by atoms with Gasteiger partial charge in [0.15, 0.2) is 6.10 Å². The lowest BCUT2D eigenvalue weighted by Crippen LogP contribution is -2.38. The van der Waals surface area contributed by atoms with Gasteiger partial charge in [-0.3, -0.25) is 19.4 Å². The molecule has 3 fully saturated rings. The number of hydrogen-bond donors (Lipinski definition) is 0. The number of para-hydroxylation sites is 1. The number of pyridine rings is 1. The molecular weight excluding hydrogens is 432 g/mol. The van der Waals surface area contributed by atoms with Gasteiger partial charge in [0.05, 0.1) is 30.6 Å². The first-order chi connectivity index (χ1) is 16.7. The van der Waals surface area contributed by atoms with Crippen molar-refractivity contribution in [2.75, 3.05) is 41.2 Å². The Hall–Kier alpha value is -3.75. The van der Waals surface area contributed by atoms with E-state index in [1.54, 1.807) is 17.5 Å². The SMILES string of the molecule is O=C1[C@@H]2[C@H](ON(c3ccccc3)[C@H]2c2ccncc2)C(=O)N1c1ccc(N2CCOCC2)cc1. The second-order valence-electron chi connectivity index (χ2n) is 8.57. The number of benzene rings is 2. The molecule has 3 saturated heterocycles. The number of carbonyl (C=O) groups excluding carboxylic acids is 2. The Labute approximate surface area is 197 Å². The molecule has 1 aromatic heterocycles. The molecule has 0 N–H and O–H groups in total. The Bertz CT molecular complexity index is 1180. The summed E-state index contributed by atoms with van der Waals surface area (Å²) in [5, 5.41) is 1.69. The highest BCUT2D eigenvalue weighted by molar-refractivity contribution is 6.24. The number of nitrogens with zero attached hydrogens (tertiary/aromatic N) is 4. The predicted octanol–water partition coefficient (Wildman–Crippen LogP) is 2.97. The van der Waals surface area contributed by atoms with Crippen molar-refractivity contribution in [1.29, 1.82) is 0 Å². The number of aromatic nitrogens is 1. The molecule has 0 bridgehead atoms. The molecule has 8 heteroatoms. The van der Waals surface area contributed by atoms with Crippen LogP contribution in [-0.4, -0.2) is 49.2 Å². The van der Waals surface area contributed by atoms with E-state index >= 15 is 0 Å². The summed E-state index contributed by atoms with van der Waals surface area (Å²) in [4.78, 5) is 40.9. The van der Waals surface area contributed by atoms with Gasteiger partial charge in [0, 0.05) is 31.2 Å². The van der Waals surface area contributed by atoms with Crippen molar-refractivity contribution < 1.29 is 19.2 Å². The summed E-state index contributed by atoms with van der Waals surface area (Å²) in [7, 11) is 0. The van der Waals surface area contributed by atoms with Gasteiger partial charge in [0.1, 0.15) is 5.92 Å². The number of fused-ring (bicyclic) bond motifs is 1. The van der Waals surface area contributed by atoms with E-state index in [1.165, 1.54) is 4.90 Å². The molecule has 3 aromatic rings. The number of rotatable bonds is 4. The van der Waals surface area contributed by atoms with Crippen molar-refractivity contribution in [3.63, 3.8) is 0 Å². The first kappa shape index (κ1) is 20.8. The molecule has 2 amide bonds. The zero-order chi connectivity index (χ0) is 23.1. The van der Waals surface area contributed by atoms with E-state index in [4.69, 9.17) is 9.57 Å². The lowest BCUT2D eigenvalue weighted by atomic mass is 9.91. The molecule has 2 aromatic carbocycles. The zero-order valence-electron chi connectivity index (χ0n) is 18.5. The highest BCUT2D eigenvalue weighted by Crippen LogP contribution is 2.47. The third-order valence-electron chi connectivity index (χ3n) is 6.66. The van der Waals surface area contributed by atoms with E-state index in [1.807, 2.05) is 66.7 Å². The van der Waals surface area contributed by atoms with Crippen molar-refractivity contribution in [2.24, 2.45) is 5.92 Å². The molecule has 0 aliphatic carbocycles. The summed E-state index contributed by atoms with van der Waals surface area (Å²) < 4.78 is 5.42. The van der Waals surface area contributed by atoms with E-state index in [0.29, 0.717) is 18.9 Å². The van der Waals surface area contributed by atoms with Crippen LogP contribution in [-0.2, 0) is 19.2 Å². The summed E-state index contributed by atoms with van der Waals surface area (Å²) in [6, 6.07) is 20.4. The van der Waals surface area contributed by atoms with Gasteiger partial charge >= 0.3 is 0 Å². The van der Waals surface area contributed by atoms with E-state index in [0.717, 1.165) is 30.0 Å². The van der Waals surface area contributed by atoms with Crippen LogP contribution in [0.1, 0.15) is 11.6 Å². The lowest BCUT2D eigenvalue weighted by Gasteiger charge is -2.30. The third-order valence-corrected chi connectivity index (χ3v) is 6.66. The molecule has 0 spiro atoms. The highest BCUT2D eigenvalue weighted by atomic mass is 16.7. The first-order valence-corrected chi connectivity index (χ1v) is 11.4. The average molecular weight is 457 g/mol. The number of hydrogen-bond acceptors (Lipinski definition) is 7. The molecule has 172 valence electrons. The Morgan fingerprint density at radius 2 is 1.44 bits per heavy atom. The molecule has 34 heavy (non-hydrogen) atoms. The number of imide groups is 1. The molecule has 0 saturated carbocycles. The molecule has 3 atom stereocenters. The minimum Gasteiger partial charge on any atom is -0.378 e. The smallest absolute Gasteiger partial charge is 0.266 e. The molecule has 4 heterocycles. The van der Waals surface area contributed by atoms with E-state index in [2.05, 4.69) is 9.88 Å². The number of morpholine rings is 1. The first-order valence-electron chi connectivity index (χ1n) is 11.4. The summed E-state index contributed by atoms with van der Waals surface area (Å²) >= 11 is 0. The number of amides is 2. The largest absolute Gasteiger partial charge is 0.378 e. The van der Waals surface area contributed by atoms with E-state index < -0.39 is 18.1 Å². The number of hydroxylamine groups is 1. The molecule has 0 radical (unpaired) electrons. The minimum atomic E-state index is -0.884. The fraction of sp³-hybridized carbons (Fsp3) is 0.269. The van der Waals surface area contributed by atoms with Gasteiger partial charge in [-0.05, 0) is 54.1 Å². The molecule has 3 aliphatic rings. The molecule has 0 unspecified atom stereocenters. The second-order valence-corrected chi connectivity index (χ2v) is 8.57. The van der Waals surface area contributed by atoms with Crippen LogP contribution in [0.2, 0.25) is 0 Å². The average Bonchev–Trinajstić information content (AvgIpc) is 3.41. The predicted molar refractivity (Wildman–Crippen MR) is 126 cm³/mol. The molecule has 6 rings (SSSR count). The van der Waals surface area contributed by atoms with Crippen molar-refractivity contribution in [3.8, 4) is 0 Å². The maximum absolute atomic E-state index is 13.7. The Kier molecular flexibility index (Phi) is 5.24. The van der Waals surface area contributed by atoms with Gasteiger partial charge in [0.25, 0.3) is 5.91 Å². The quantitative estimate of drug-likeness (QED) is 0.559. The van der Waals surface area contributed by atoms with Crippen LogP contribution >= 0.6 is 0 Å². The standard InChI is InChI=1S/C26H24N4O4/c31-25-22-23(18-10-12-27-13-11-18)30(21-4-2-1-3-5-21)34-24(22)26(32)29(25)20-8-6-19(7-9-20)28-14-16-33-17-15-28/h1-13,22-24H,14-17H2/t22-,23-,24-/m0/s1. The van der Waals surface area contributed by atoms with Gasteiger partial charge in [0.2, 0.25) is 5.91 Å². The molecular formula is C26H24N4O4. The van der Waals surface area contributed by atoms with E-state index in [-0.39, 0.29) is 11.8 Å². The van der Waals surface area contributed by atoms with Gasteiger partial charge in [-0.15, -0.1) is 0 Å². The van der Waals surface area contributed by atoms with Crippen LogP contribution in [0.25, 0.3) is 0 Å². The Balaban J connectivity index is 1.32. The maximum atomic E-state index is 13.7. The minimum absolute atomic E-state index is 0.255. The van der Waals surface area contributed by atoms with Crippen LogP contribution in [0.5, 0.6) is 0 Å². The van der Waals surface area contributed by atoms with Gasteiger partial charge in [-0.1, -0.05) is 18.2 Å². The Morgan fingerprint density at radius 1 is 0.765 bits per heavy atom. The van der Waals surface area contributed by atoms with Crippen molar-refractivity contribution in [3.05, 3.63) is 84.7 Å². The topological polar surface area (TPSA) is 75.2 Å². The zero-order valence-corrected chi connectivity index (χ0v) is 18.5. The second kappa shape index (κ2) is 8.55. The van der Waals surface area contributed by atoms with Gasteiger partial charge in [-0.25, -0.2) is 9.96 Å². The number of anilines is 3. The monoisotopic (exact) mass is 456 g/mol. The molecule has 3 aliphatic heterocycles. The van der Waals surface area contributed by atoms with Crippen LogP contribution in [0, 0.1) is 5.92 Å². The number of ether oxygens (including phenoxy) is 1. The van der Waals surface area contributed by atoms with Crippen molar-refractivity contribution in [2.45, 2.75) is 12.1 Å². The fourth-order valence-electron chi connectivity index (χ4n) is 5.00. The number of carbonyl (C=O) groups is 2. The van der Waals surface area contributed by atoms with Crippen LogP contribution in [0.15, 0.2) is 79.1 Å². The molecule has 8 nitrogen and oxygen atoms in total. The van der Waals surface area contributed by atoms with Crippen molar-refractivity contribution >= 4 is 28.9 Å². The highest BCUT2D eigenvalue weighted by Gasteiger charge is 2.60. The summed E-state index contributed by atoms with van der Waals surface area (Å²) in [5.41, 5.74) is 3.27. The third kappa shape index (κ3) is 3.43. The lowest BCUT2D eigenvalue weighted by molar-refractivity contribution is -0.126. The van der Waals surface area contributed by atoms with Crippen LogP contribution in [0.4, 0.5) is 17.1 Å². The summed E-state index contributed by atoms with van der Waals surface area (Å²) in [6.45, 7) is 3.03. The summed E-state index contributed by atoms with van der Waals surface area (Å²) in [6.07, 6.45) is 2.49.